The van der Waals surface area contributed by atoms with Crippen LogP contribution in [0.15, 0.2) is 24.3 Å². The average molecular weight is 309 g/mol. The van der Waals surface area contributed by atoms with Gasteiger partial charge in [-0.2, -0.15) is 0 Å². The Morgan fingerprint density at radius 3 is 2.90 bits per heavy atom. The third-order valence-corrected chi connectivity index (χ3v) is 4.50. The molecule has 1 aliphatic heterocycles. The SMILES string of the molecule is CCC1CN(C)CCCN1CCC(=O)c1cccc(Cl)c1. The van der Waals surface area contributed by atoms with E-state index in [0.717, 1.165) is 38.2 Å². The van der Waals surface area contributed by atoms with Crippen molar-refractivity contribution in [2.24, 2.45) is 0 Å². The van der Waals surface area contributed by atoms with Crippen molar-refractivity contribution in [1.82, 2.24) is 9.80 Å². The van der Waals surface area contributed by atoms with Crippen LogP contribution in [0.3, 0.4) is 0 Å². The minimum absolute atomic E-state index is 0.185. The number of carbonyl (C=O) groups excluding carboxylic acids is 1. The van der Waals surface area contributed by atoms with Crippen LogP contribution in [0, 0.1) is 0 Å². The van der Waals surface area contributed by atoms with Crippen molar-refractivity contribution < 1.29 is 4.79 Å². The Bertz CT molecular complexity index is 478. The maximum absolute atomic E-state index is 12.3. The van der Waals surface area contributed by atoms with E-state index in [1.165, 1.54) is 6.42 Å². The Labute approximate surface area is 132 Å². The molecule has 1 aromatic rings. The summed E-state index contributed by atoms with van der Waals surface area (Å²) in [6, 6.07) is 7.81. The molecule has 0 bridgehead atoms. The number of hydrogen-bond donors (Lipinski definition) is 0. The fourth-order valence-electron chi connectivity index (χ4n) is 3.03. The summed E-state index contributed by atoms with van der Waals surface area (Å²) in [5, 5.41) is 0.628. The Morgan fingerprint density at radius 2 is 2.19 bits per heavy atom. The zero-order chi connectivity index (χ0) is 15.2. The van der Waals surface area contributed by atoms with Gasteiger partial charge in [0.1, 0.15) is 0 Å². The molecule has 4 heteroatoms. The van der Waals surface area contributed by atoms with Gasteiger partial charge in [0.15, 0.2) is 5.78 Å². The number of nitrogens with zero attached hydrogens (tertiary/aromatic N) is 2. The molecule has 0 radical (unpaired) electrons. The number of rotatable bonds is 5. The molecule has 2 rings (SSSR count). The van der Waals surface area contributed by atoms with Crippen molar-refractivity contribution in [2.75, 3.05) is 33.2 Å². The lowest BCUT2D eigenvalue weighted by molar-refractivity contribution is 0.0948. The number of likely N-dealkylation sites (N-methyl/N-ethyl adjacent to an activating group) is 1. The molecule has 116 valence electrons. The molecule has 1 atom stereocenters. The largest absolute Gasteiger partial charge is 0.305 e. The average Bonchev–Trinajstić information content (AvgIpc) is 2.65. The van der Waals surface area contributed by atoms with Crippen LogP contribution in [0.2, 0.25) is 5.02 Å². The summed E-state index contributed by atoms with van der Waals surface area (Å²) >= 11 is 5.95. The van der Waals surface area contributed by atoms with Crippen LogP contribution in [0.4, 0.5) is 0 Å². The van der Waals surface area contributed by atoms with Gasteiger partial charge in [0.2, 0.25) is 0 Å². The summed E-state index contributed by atoms with van der Waals surface area (Å²) < 4.78 is 0. The maximum Gasteiger partial charge on any atom is 0.164 e. The second kappa shape index (κ2) is 7.92. The number of Topliss-reactive ketones (excluding diaryl/α,β-unsaturated/α-hetero) is 1. The molecule has 1 heterocycles. The molecular weight excluding hydrogens is 284 g/mol. The molecule has 0 amide bonds. The predicted octanol–water partition coefficient (Wildman–Crippen LogP) is 3.33. The Morgan fingerprint density at radius 1 is 1.38 bits per heavy atom. The fourth-order valence-corrected chi connectivity index (χ4v) is 3.22. The first-order chi connectivity index (χ1) is 10.1. The lowest BCUT2D eigenvalue weighted by atomic mass is 10.1. The third kappa shape index (κ3) is 4.80. The Hall–Kier alpha value is -0.900. The molecule has 1 fully saturated rings. The van der Waals surface area contributed by atoms with Gasteiger partial charge in [-0.15, -0.1) is 0 Å². The molecule has 1 saturated heterocycles. The molecule has 3 nitrogen and oxygen atoms in total. The fraction of sp³-hybridized carbons (Fsp3) is 0.588. The van der Waals surface area contributed by atoms with E-state index < -0.39 is 0 Å². The van der Waals surface area contributed by atoms with E-state index in [9.17, 15) is 4.79 Å². The number of hydrogen-bond acceptors (Lipinski definition) is 3. The predicted molar refractivity (Wildman–Crippen MR) is 88.2 cm³/mol. The van der Waals surface area contributed by atoms with Crippen molar-refractivity contribution >= 4 is 17.4 Å². The summed E-state index contributed by atoms with van der Waals surface area (Å²) in [6.45, 7) is 6.41. The molecule has 1 aromatic carbocycles. The summed E-state index contributed by atoms with van der Waals surface area (Å²) in [7, 11) is 2.18. The van der Waals surface area contributed by atoms with Gasteiger partial charge < -0.3 is 4.90 Å². The lowest BCUT2D eigenvalue weighted by Crippen LogP contribution is -2.40. The highest BCUT2D eigenvalue weighted by Crippen LogP contribution is 2.15. The molecule has 0 N–H and O–H groups in total. The molecule has 0 aliphatic carbocycles. The summed E-state index contributed by atoms with van der Waals surface area (Å²) in [5.74, 6) is 0.185. The van der Waals surface area contributed by atoms with Gasteiger partial charge in [0, 0.05) is 36.1 Å². The zero-order valence-electron chi connectivity index (χ0n) is 13.0. The van der Waals surface area contributed by atoms with Gasteiger partial charge in [0.25, 0.3) is 0 Å². The van der Waals surface area contributed by atoms with Gasteiger partial charge in [0.05, 0.1) is 0 Å². The van der Waals surface area contributed by atoms with Crippen LogP contribution in [0.5, 0.6) is 0 Å². The first-order valence-corrected chi connectivity index (χ1v) is 8.19. The van der Waals surface area contributed by atoms with E-state index in [-0.39, 0.29) is 5.78 Å². The topological polar surface area (TPSA) is 23.6 Å². The molecule has 0 saturated carbocycles. The number of benzene rings is 1. The normalized spacial score (nSPS) is 21.2. The zero-order valence-corrected chi connectivity index (χ0v) is 13.8. The molecular formula is C17H25ClN2O. The maximum atomic E-state index is 12.3. The van der Waals surface area contributed by atoms with Gasteiger partial charge >= 0.3 is 0 Å². The number of ketones is 1. The van der Waals surface area contributed by atoms with Crippen LogP contribution < -0.4 is 0 Å². The van der Waals surface area contributed by atoms with E-state index >= 15 is 0 Å². The number of carbonyl (C=O) groups is 1. The van der Waals surface area contributed by atoms with Gasteiger partial charge in [-0.3, -0.25) is 9.69 Å². The standard InChI is InChI=1S/C17H25ClN2O/c1-3-16-13-19(2)9-5-10-20(16)11-8-17(21)14-6-4-7-15(18)12-14/h4,6-7,12,16H,3,5,8-11,13H2,1-2H3. The summed E-state index contributed by atoms with van der Waals surface area (Å²) in [4.78, 5) is 17.2. The minimum Gasteiger partial charge on any atom is -0.305 e. The lowest BCUT2D eigenvalue weighted by Gasteiger charge is -2.29. The molecule has 1 unspecified atom stereocenters. The molecule has 0 spiro atoms. The quantitative estimate of drug-likeness (QED) is 0.780. The van der Waals surface area contributed by atoms with Crippen LogP contribution in [-0.4, -0.2) is 54.9 Å². The monoisotopic (exact) mass is 308 g/mol. The van der Waals surface area contributed by atoms with E-state index in [4.69, 9.17) is 11.6 Å². The second-order valence-electron chi connectivity index (χ2n) is 5.90. The van der Waals surface area contributed by atoms with Crippen LogP contribution >= 0.6 is 11.6 Å². The highest BCUT2D eigenvalue weighted by atomic mass is 35.5. The smallest absolute Gasteiger partial charge is 0.164 e. The van der Waals surface area contributed by atoms with E-state index in [2.05, 4.69) is 23.8 Å². The van der Waals surface area contributed by atoms with Crippen LogP contribution in [0.25, 0.3) is 0 Å². The minimum atomic E-state index is 0.185. The third-order valence-electron chi connectivity index (χ3n) is 4.27. The number of halogens is 1. The van der Waals surface area contributed by atoms with Crippen molar-refractivity contribution in [3.63, 3.8) is 0 Å². The molecule has 0 aromatic heterocycles. The van der Waals surface area contributed by atoms with Crippen molar-refractivity contribution in [1.29, 1.82) is 0 Å². The van der Waals surface area contributed by atoms with Gasteiger partial charge in [-0.05, 0) is 45.1 Å². The highest BCUT2D eigenvalue weighted by Gasteiger charge is 2.22. The van der Waals surface area contributed by atoms with Crippen molar-refractivity contribution in [2.45, 2.75) is 32.2 Å². The summed E-state index contributed by atoms with van der Waals surface area (Å²) in [5.41, 5.74) is 0.725. The first-order valence-electron chi connectivity index (χ1n) is 7.81. The van der Waals surface area contributed by atoms with Crippen molar-refractivity contribution in [3.8, 4) is 0 Å². The van der Waals surface area contributed by atoms with Gasteiger partial charge in [-0.1, -0.05) is 30.7 Å². The second-order valence-corrected chi connectivity index (χ2v) is 6.33. The Balaban J connectivity index is 1.93. The highest BCUT2D eigenvalue weighted by molar-refractivity contribution is 6.31. The first kappa shape index (κ1) is 16.5. The molecule has 21 heavy (non-hydrogen) atoms. The van der Waals surface area contributed by atoms with Crippen LogP contribution in [-0.2, 0) is 0 Å². The van der Waals surface area contributed by atoms with E-state index in [1.807, 2.05) is 12.1 Å². The Kier molecular flexibility index (Phi) is 6.22. The summed E-state index contributed by atoms with van der Waals surface area (Å²) in [6.07, 6.45) is 2.88. The van der Waals surface area contributed by atoms with E-state index in [0.29, 0.717) is 17.5 Å². The van der Waals surface area contributed by atoms with Gasteiger partial charge in [-0.25, -0.2) is 0 Å². The van der Waals surface area contributed by atoms with Crippen LogP contribution in [0.1, 0.15) is 36.5 Å². The van der Waals surface area contributed by atoms with E-state index in [1.54, 1.807) is 12.1 Å². The van der Waals surface area contributed by atoms with Crippen molar-refractivity contribution in [3.05, 3.63) is 34.9 Å². The molecule has 1 aliphatic rings.